The van der Waals surface area contributed by atoms with Crippen molar-refractivity contribution in [3.05, 3.63) is 42.2 Å². The van der Waals surface area contributed by atoms with Crippen LogP contribution in [0.15, 0.2) is 36.7 Å². The Morgan fingerprint density at radius 2 is 1.96 bits per heavy atom. The van der Waals surface area contributed by atoms with E-state index in [2.05, 4.69) is 37.5 Å². The number of carbonyl (C=O) groups excluding carboxylic acids is 1. The standard InChI is InChI=1S/C20H28N6O/c27-19-8-10-20(16-25(19)14-18-6-2-1-3-7-18)9-4-11-24(15-20)12-5-13-26-17-21-22-23-26/h1-3,6-7,17H,4-5,8-16H2/t20-/m1/s1. The second kappa shape index (κ2) is 8.17. The first-order chi connectivity index (χ1) is 13.2. The topological polar surface area (TPSA) is 67.2 Å². The summed E-state index contributed by atoms with van der Waals surface area (Å²) in [5, 5.41) is 11.3. The number of hydrogen-bond acceptors (Lipinski definition) is 5. The minimum Gasteiger partial charge on any atom is -0.338 e. The Morgan fingerprint density at radius 1 is 1.07 bits per heavy atom. The third-order valence-electron chi connectivity index (χ3n) is 5.96. The molecule has 0 aliphatic carbocycles. The van der Waals surface area contributed by atoms with Crippen molar-refractivity contribution in [1.29, 1.82) is 0 Å². The van der Waals surface area contributed by atoms with Crippen molar-refractivity contribution in [2.24, 2.45) is 5.41 Å². The summed E-state index contributed by atoms with van der Waals surface area (Å²) >= 11 is 0. The fourth-order valence-corrected chi connectivity index (χ4v) is 4.62. The maximum atomic E-state index is 12.5. The quantitative estimate of drug-likeness (QED) is 0.780. The van der Waals surface area contributed by atoms with E-state index in [0.717, 1.165) is 52.1 Å². The fraction of sp³-hybridized carbons (Fsp3) is 0.600. The van der Waals surface area contributed by atoms with Gasteiger partial charge in [0.2, 0.25) is 5.91 Å². The van der Waals surface area contributed by atoms with Gasteiger partial charge in [-0.15, -0.1) is 5.10 Å². The van der Waals surface area contributed by atoms with Crippen molar-refractivity contribution in [3.63, 3.8) is 0 Å². The molecule has 3 heterocycles. The van der Waals surface area contributed by atoms with Crippen LogP contribution in [-0.2, 0) is 17.9 Å². The number of amides is 1. The van der Waals surface area contributed by atoms with Gasteiger partial charge in [0.1, 0.15) is 6.33 Å². The highest BCUT2D eigenvalue weighted by Gasteiger charge is 2.41. The van der Waals surface area contributed by atoms with Gasteiger partial charge in [0.05, 0.1) is 0 Å². The molecule has 2 aliphatic heterocycles. The van der Waals surface area contributed by atoms with E-state index in [1.807, 2.05) is 18.2 Å². The number of nitrogens with zero attached hydrogens (tertiary/aromatic N) is 6. The smallest absolute Gasteiger partial charge is 0.222 e. The molecule has 2 saturated heterocycles. The third-order valence-corrected chi connectivity index (χ3v) is 5.96. The zero-order chi connectivity index (χ0) is 18.5. The van der Waals surface area contributed by atoms with Gasteiger partial charge in [-0.25, -0.2) is 4.68 Å². The van der Waals surface area contributed by atoms with E-state index in [0.29, 0.717) is 12.3 Å². The summed E-state index contributed by atoms with van der Waals surface area (Å²) in [6.07, 6.45) is 6.89. The van der Waals surface area contributed by atoms with Gasteiger partial charge >= 0.3 is 0 Å². The Hall–Kier alpha value is -2.28. The van der Waals surface area contributed by atoms with E-state index in [4.69, 9.17) is 0 Å². The Labute approximate surface area is 160 Å². The zero-order valence-electron chi connectivity index (χ0n) is 15.8. The molecule has 1 atom stereocenters. The van der Waals surface area contributed by atoms with Gasteiger partial charge in [-0.05, 0) is 54.8 Å². The van der Waals surface area contributed by atoms with E-state index < -0.39 is 0 Å². The van der Waals surface area contributed by atoms with E-state index in [9.17, 15) is 4.79 Å². The second-order valence-electron chi connectivity index (χ2n) is 8.04. The first-order valence-electron chi connectivity index (χ1n) is 9.97. The summed E-state index contributed by atoms with van der Waals surface area (Å²) in [6.45, 7) is 5.81. The monoisotopic (exact) mass is 368 g/mol. The predicted octanol–water partition coefficient (Wildman–Crippen LogP) is 1.97. The van der Waals surface area contributed by atoms with Crippen LogP contribution in [0.2, 0.25) is 0 Å². The van der Waals surface area contributed by atoms with Gasteiger partial charge in [-0.2, -0.15) is 0 Å². The average molecular weight is 368 g/mol. The molecule has 27 heavy (non-hydrogen) atoms. The maximum absolute atomic E-state index is 12.5. The Bertz CT molecular complexity index is 734. The first-order valence-corrected chi connectivity index (χ1v) is 9.97. The Morgan fingerprint density at radius 3 is 2.78 bits per heavy atom. The maximum Gasteiger partial charge on any atom is 0.222 e. The van der Waals surface area contributed by atoms with Crippen LogP contribution in [0.3, 0.4) is 0 Å². The van der Waals surface area contributed by atoms with Crippen LogP contribution in [0.25, 0.3) is 0 Å². The molecule has 0 saturated carbocycles. The number of tetrazole rings is 1. The van der Waals surface area contributed by atoms with Crippen LogP contribution < -0.4 is 0 Å². The van der Waals surface area contributed by atoms with Crippen LogP contribution in [-0.4, -0.2) is 62.1 Å². The number of aryl methyl sites for hydroxylation is 1. The van der Waals surface area contributed by atoms with Crippen LogP contribution in [0.1, 0.15) is 37.7 Å². The molecule has 7 heteroatoms. The Balaban J connectivity index is 1.34. The normalized spacial score (nSPS) is 23.9. The SMILES string of the molecule is O=C1CC[C@@]2(CCCN(CCCn3cnnn3)C2)CN1Cc1ccccc1. The predicted molar refractivity (Wildman–Crippen MR) is 102 cm³/mol. The van der Waals surface area contributed by atoms with Crippen molar-refractivity contribution in [2.75, 3.05) is 26.2 Å². The summed E-state index contributed by atoms with van der Waals surface area (Å²) in [4.78, 5) is 17.2. The molecule has 1 aromatic carbocycles. The highest BCUT2D eigenvalue weighted by molar-refractivity contribution is 5.77. The fourth-order valence-electron chi connectivity index (χ4n) is 4.62. The van der Waals surface area contributed by atoms with Crippen molar-refractivity contribution < 1.29 is 4.79 Å². The lowest BCUT2D eigenvalue weighted by Gasteiger charge is -2.48. The van der Waals surface area contributed by atoms with Crippen LogP contribution in [0.5, 0.6) is 0 Å². The molecule has 2 fully saturated rings. The van der Waals surface area contributed by atoms with Crippen LogP contribution >= 0.6 is 0 Å². The summed E-state index contributed by atoms with van der Waals surface area (Å²) < 4.78 is 1.79. The minimum atomic E-state index is 0.260. The molecule has 4 rings (SSSR count). The summed E-state index contributed by atoms with van der Waals surface area (Å²) in [6, 6.07) is 10.3. The number of rotatable bonds is 6. The average Bonchev–Trinajstić information content (AvgIpc) is 3.20. The van der Waals surface area contributed by atoms with E-state index in [1.165, 1.54) is 18.4 Å². The number of piperidine rings is 2. The summed E-state index contributed by atoms with van der Waals surface area (Å²) in [5.74, 6) is 0.306. The lowest BCUT2D eigenvalue weighted by Crippen LogP contribution is -2.53. The molecule has 0 bridgehead atoms. The van der Waals surface area contributed by atoms with Gasteiger partial charge in [-0.3, -0.25) is 4.79 Å². The third kappa shape index (κ3) is 4.53. The number of aromatic nitrogens is 4. The van der Waals surface area contributed by atoms with Crippen molar-refractivity contribution in [3.8, 4) is 0 Å². The molecule has 0 radical (unpaired) electrons. The molecule has 0 N–H and O–H groups in total. The molecule has 7 nitrogen and oxygen atoms in total. The van der Waals surface area contributed by atoms with Crippen LogP contribution in [0.4, 0.5) is 0 Å². The molecular weight excluding hydrogens is 340 g/mol. The summed E-state index contributed by atoms with van der Waals surface area (Å²) in [7, 11) is 0. The molecular formula is C20H28N6O. The Kier molecular flexibility index (Phi) is 5.48. The van der Waals surface area contributed by atoms with Gasteiger partial charge in [0.25, 0.3) is 0 Å². The molecule has 2 aromatic rings. The van der Waals surface area contributed by atoms with Crippen LogP contribution in [0, 0.1) is 5.41 Å². The van der Waals surface area contributed by atoms with E-state index >= 15 is 0 Å². The highest BCUT2D eigenvalue weighted by Crippen LogP contribution is 2.39. The lowest BCUT2D eigenvalue weighted by atomic mass is 9.73. The number of carbonyl (C=O) groups is 1. The first kappa shape index (κ1) is 18.1. The molecule has 1 spiro atoms. The zero-order valence-corrected chi connectivity index (χ0v) is 15.8. The molecule has 1 amide bonds. The van der Waals surface area contributed by atoms with E-state index in [1.54, 1.807) is 11.0 Å². The highest BCUT2D eigenvalue weighted by atomic mass is 16.2. The van der Waals surface area contributed by atoms with Gasteiger partial charge in [0, 0.05) is 38.0 Å². The molecule has 144 valence electrons. The second-order valence-corrected chi connectivity index (χ2v) is 8.04. The molecule has 0 unspecified atom stereocenters. The minimum absolute atomic E-state index is 0.260. The number of benzene rings is 1. The number of hydrogen-bond donors (Lipinski definition) is 0. The van der Waals surface area contributed by atoms with E-state index in [-0.39, 0.29) is 5.41 Å². The number of likely N-dealkylation sites (tertiary alicyclic amines) is 2. The lowest BCUT2D eigenvalue weighted by molar-refractivity contribution is -0.140. The summed E-state index contributed by atoms with van der Waals surface area (Å²) in [5.41, 5.74) is 1.48. The van der Waals surface area contributed by atoms with Gasteiger partial charge in [0.15, 0.2) is 0 Å². The largest absolute Gasteiger partial charge is 0.338 e. The van der Waals surface area contributed by atoms with Crippen molar-refractivity contribution in [1.82, 2.24) is 30.0 Å². The van der Waals surface area contributed by atoms with Crippen molar-refractivity contribution >= 4 is 5.91 Å². The molecule has 1 aromatic heterocycles. The van der Waals surface area contributed by atoms with Gasteiger partial charge < -0.3 is 9.80 Å². The molecule has 2 aliphatic rings. The van der Waals surface area contributed by atoms with Gasteiger partial charge in [-0.1, -0.05) is 30.3 Å². The van der Waals surface area contributed by atoms with Crippen molar-refractivity contribution in [2.45, 2.75) is 45.2 Å².